The summed E-state index contributed by atoms with van der Waals surface area (Å²) in [6, 6.07) is 31.4. The third-order valence-electron chi connectivity index (χ3n) is 6.20. The highest BCUT2D eigenvalue weighted by Crippen LogP contribution is 2.31. The van der Waals surface area contributed by atoms with Gasteiger partial charge in [-0.3, -0.25) is 4.57 Å². The summed E-state index contributed by atoms with van der Waals surface area (Å²) in [5.41, 5.74) is 9.82. The number of fused-ring (bicyclic) bond motifs is 1. The smallest absolute Gasteiger partial charge is 0.163 e. The minimum absolute atomic E-state index is 0.807. The molecule has 0 radical (unpaired) electrons. The Kier molecular flexibility index (Phi) is 4.81. The number of rotatable bonds is 4. The molecule has 6 aromatic rings. The number of nitrogens with zero attached hydrogens (tertiary/aromatic N) is 5. The van der Waals surface area contributed by atoms with Crippen LogP contribution in [0, 0.1) is 13.8 Å². The summed E-state index contributed by atoms with van der Waals surface area (Å²) in [6.45, 7) is 4.27. The van der Waals surface area contributed by atoms with E-state index in [9.17, 15) is 0 Å². The Morgan fingerprint density at radius 1 is 0.647 bits per heavy atom. The van der Waals surface area contributed by atoms with E-state index in [0.29, 0.717) is 0 Å². The molecule has 0 saturated carbocycles. The lowest BCUT2D eigenvalue weighted by Gasteiger charge is -2.15. The SMILES string of the molecule is Cc1cc(-c2ccccc2)cc(C)c1-n1ncnc1-c1ccc2ncn(-c3ccccc3)c2c1. The summed E-state index contributed by atoms with van der Waals surface area (Å²) in [5.74, 6) is 0.807. The maximum atomic E-state index is 4.64. The van der Waals surface area contributed by atoms with Crippen molar-refractivity contribution < 1.29 is 0 Å². The zero-order chi connectivity index (χ0) is 23.1. The van der Waals surface area contributed by atoms with Crippen LogP contribution in [0.5, 0.6) is 0 Å². The van der Waals surface area contributed by atoms with Gasteiger partial charge in [-0.15, -0.1) is 0 Å². The van der Waals surface area contributed by atoms with Crippen molar-refractivity contribution in [2.45, 2.75) is 13.8 Å². The van der Waals surface area contributed by atoms with Gasteiger partial charge in [0.25, 0.3) is 0 Å². The van der Waals surface area contributed by atoms with Gasteiger partial charge in [0.2, 0.25) is 0 Å². The molecule has 4 aromatic carbocycles. The molecule has 0 aliphatic carbocycles. The van der Waals surface area contributed by atoms with E-state index in [1.807, 2.05) is 41.3 Å². The van der Waals surface area contributed by atoms with Crippen molar-refractivity contribution in [1.82, 2.24) is 24.3 Å². The summed E-state index contributed by atoms with van der Waals surface area (Å²) in [7, 11) is 0. The Bertz CT molecular complexity index is 1590. The first-order valence-electron chi connectivity index (χ1n) is 11.3. The van der Waals surface area contributed by atoms with Gasteiger partial charge < -0.3 is 0 Å². The maximum absolute atomic E-state index is 4.64. The van der Waals surface area contributed by atoms with Gasteiger partial charge in [0.1, 0.15) is 12.7 Å². The fraction of sp³-hybridized carbons (Fsp3) is 0.0690. The third kappa shape index (κ3) is 3.39. The summed E-state index contributed by atoms with van der Waals surface area (Å²) >= 11 is 0. The number of hydrogen-bond acceptors (Lipinski definition) is 3. The molecule has 0 saturated heterocycles. The topological polar surface area (TPSA) is 48.5 Å². The first-order chi connectivity index (χ1) is 16.7. The Morgan fingerprint density at radius 3 is 2.09 bits per heavy atom. The van der Waals surface area contributed by atoms with E-state index in [2.05, 4.69) is 94.1 Å². The molecule has 6 rings (SSSR count). The fourth-order valence-electron chi connectivity index (χ4n) is 4.63. The van der Waals surface area contributed by atoms with Crippen LogP contribution in [0.4, 0.5) is 0 Å². The van der Waals surface area contributed by atoms with Crippen LogP contribution in [0.2, 0.25) is 0 Å². The summed E-state index contributed by atoms with van der Waals surface area (Å²) in [4.78, 5) is 9.23. The Morgan fingerprint density at radius 2 is 1.35 bits per heavy atom. The molecule has 0 aliphatic rings. The highest BCUT2D eigenvalue weighted by atomic mass is 15.3. The molecular formula is C29H23N5. The van der Waals surface area contributed by atoms with Crippen LogP contribution in [0.25, 0.3) is 44.9 Å². The molecule has 2 heterocycles. The van der Waals surface area contributed by atoms with Crippen molar-refractivity contribution >= 4 is 11.0 Å². The van der Waals surface area contributed by atoms with E-state index in [-0.39, 0.29) is 0 Å². The number of aryl methyl sites for hydroxylation is 2. The Labute approximate surface area is 198 Å². The fourth-order valence-corrected chi connectivity index (χ4v) is 4.63. The zero-order valence-electron chi connectivity index (χ0n) is 19.1. The molecule has 0 unspecified atom stereocenters. The Balaban J connectivity index is 1.46. The summed E-state index contributed by atoms with van der Waals surface area (Å²) in [6.07, 6.45) is 3.49. The number of hydrogen-bond donors (Lipinski definition) is 0. The monoisotopic (exact) mass is 441 g/mol. The zero-order valence-corrected chi connectivity index (χ0v) is 19.1. The first-order valence-corrected chi connectivity index (χ1v) is 11.3. The predicted molar refractivity (Wildman–Crippen MR) is 136 cm³/mol. The van der Waals surface area contributed by atoms with E-state index >= 15 is 0 Å². The molecule has 5 nitrogen and oxygen atoms in total. The van der Waals surface area contributed by atoms with Crippen molar-refractivity contribution in [2.24, 2.45) is 0 Å². The van der Waals surface area contributed by atoms with E-state index in [0.717, 1.165) is 44.9 Å². The molecule has 0 bridgehead atoms. The number of imidazole rings is 1. The molecule has 164 valence electrons. The molecule has 0 N–H and O–H groups in total. The quantitative estimate of drug-likeness (QED) is 0.311. The van der Waals surface area contributed by atoms with Gasteiger partial charge in [-0.05, 0) is 78.6 Å². The van der Waals surface area contributed by atoms with E-state index in [1.54, 1.807) is 6.33 Å². The van der Waals surface area contributed by atoms with Gasteiger partial charge in [-0.1, -0.05) is 48.5 Å². The second kappa shape index (κ2) is 8.12. The van der Waals surface area contributed by atoms with Gasteiger partial charge in [-0.2, -0.15) is 5.10 Å². The van der Waals surface area contributed by atoms with Gasteiger partial charge >= 0.3 is 0 Å². The van der Waals surface area contributed by atoms with Crippen molar-refractivity contribution in [1.29, 1.82) is 0 Å². The van der Waals surface area contributed by atoms with Gasteiger partial charge in [0, 0.05) is 11.3 Å². The van der Waals surface area contributed by atoms with E-state index in [4.69, 9.17) is 0 Å². The van der Waals surface area contributed by atoms with E-state index < -0.39 is 0 Å². The highest BCUT2D eigenvalue weighted by molar-refractivity contribution is 5.82. The van der Waals surface area contributed by atoms with Crippen LogP contribution in [0.3, 0.4) is 0 Å². The number of aromatic nitrogens is 5. The first kappa shape index (κ1) is 20.1. The number of para-hydroxylation sites is 1. The molecule has 2 aromatic heterocycles. The van der Waals surface area contributed by atoms with Gasteiger partial charge in [-0.25, -0.2) is 14.6 Å². The van der Waals surface area contributed by atoms with Crippen molar-refractivity contribution in [3.05, 3.63) is 115 Å². The van der Waals surface area contributed by atoms with Crippen molar-refractivity contribution in [3.63, 3.8) is 0 Å². The average Bonchev–Trinajstić information content (AvgIpc) is 3.52. The molecule has 0 atom stereocenters. The molecular weight excluding hydrogens is 418 g/mol. The molecule has 34 heavy (non-hydrogen) atoms. The third-order valence-corrected chi connectivity index (χ3v) is 6.20. The van der Waals surface area contributed by atoms with Gasteiger partial charge in [0.15, 0.2) is 5.82 Å². The van der Waals surface area contributed by atoms with Crippen LogP contribution in [0.1, 0.15) is 11.1 Å². The van der Waals surface area contributed by atoms with Crippen molar-refractivity contribution in [3.8, 4) is 33.9 Å². The van der Waals surface area contributed by atoms with Crippen LogP contribution in [-0.2, 0) is 0 Å². The second-order valence-corrected chi connectivity index (χ2v) is 8.47. The standard InChI is InChI=1S/C29H23N5/c1-20-15-24(22-9-5-3-6-10-22)16-21(2)28(20)34-29(30-18-32-34)23-13-14-26-27(17-23)33(19-31-26)25-11-7-4-8-12-25/h3-19H,1-2H3. The molecule has 0 aliphatic heterocycles. The lowest BCUT2D eigenvalue weighted by atomic mass is 9.99. The molecule has 0 amide bonds. The Hall–Kier alpha value is -4.51. The predicted octanol–water partition coefficient (Wildman–Crippen LogP) is 6.56. The van der Waals surface area contributed by atoms with Crippen LogP contribution in [-0.4, -0.2) is 24.3 Å². The van der Waals surface area contributed by atoms with Crippen molar-refractivity contribution in [2.75, 3.05) is 0 Å². The second-order valence-electron chi connectivity index (χ2n) is 8.47. The van der Waals surface area contributed by atoms with Crippen LogP contribution >= 0.6 is 0 Å². The molecule has 0 fully saturated rings. The molecule has 0 spiro atoms. The normalized spacial score (nSPS) is 11.2. The lowest BCUT2D eigenvalue weighted by Crippen LogP contribution is -2.05. The minimum Gasteiger partial charge on any atom is -0.299 e. The number of benzene rings is 4. The maximum Gasteiger partial charge on any atom is 0.163 e. The summed E-state index contributed by atoms with van der Waals surface area (Å²) < 4.78 is 4.05. The highest BCUT2D eigenvalue weighted by Gasteiger charge is 2.16. The summed E-state index contributed by atoms with van der Waals surface area (Å²) in [5, 5.41) is 4.62. The van der Waals surface area contributed by atoms with Crippen LogP contribution in [0.15, 0.2) is 104 Å². The lowest BCUT2D eigenvalue weighted by molar-refractivity contribution is 0.871. The van der Waals surface area contributed by atoms with Crippen LogP contribution < -0.4 is 0 Å². The minimum atomic E-state index is 0.807. The van der Waals surface area contributed by atoms with Gasteiger partial charge in [0.05, 0.1) is 16.7 Å². The molecule has 5 heteroatoms. The average molecular weight is 442 g/mol. The van der Waals surface area contributed by atoms with E-state index in [1.165, 1.54) is 11.1 Å². The largest absolute Gasteiger partial charge is 0.299 e.